The Balaban J connectivity index is 1.16. The highest BCUT2D eigenvalue weighted by atomic mass is 16.7. The van der Waals surface area contributed by atoms with Gasteiger partial charge >= 0.3 is 5.97 Å². The number of fused-ring (bicyclic) bond motifs is 1. The van der Waals surface area contributed by atoms with E-state index in [0.717, 1.165) is 79.6 Å². The predicted octanol–water partition coefficient (Wildman–Crippen LogP) is 5.69. The number of carbonyl (C=O) groups is 3. The Labute approximate surface area is 373 Å². The van der Waals surface area contributed by atoms with Gasteiger partial charge in [0, 0.05) is 42.3 Å². The summed E-state index contributed by atoms with van der Waals surface area (Å²) < 4.78 is 12.8. The molecule has 1 fully saturated rings. The Kier molecular flexibility index (Phi) is 13.5. The number of epoxide rings is 1. The summed E-state index contributed by atoms with van der Waals surface area (Å²) in [5.74, 6) is -0.0315. The summed E-state index contributed by atoms with van der Waals surface area (Å²) in [6.45, 7) is 8.12. The van der Waals surface area contributed by atoms with Gasteiger partial charge in [0.2, 0.25) is 5.78 Å². The average molecular weight is 861 g/mol. The van der Waals surface area contributed by atoms with Crippen LogP contribution < -0.4 is 32.3 Å². The predicted molar refractivity (Wildman–Crippen MR) is 245 cm³/mol. The van der Waals surface area contributed by atoms with Crippen molar-refractivity contribution in [2.24, 2.45) is 28.9 Å². The maximum atomic E-state index is 15.4. The molecule has 4 bridgehead atoms. The first-order valence-corrected chi connectivity index (χ1v) is 23.3. The molecular weight excluding hydrogens is 793 g/mol. The summed E-state index contributed by atoms with van der Waals surface area (Å²) >= 11 is 0. The van der Waals surface area contributed by atoms with Crippen LogP contribution in [0.5, 0.6) is 0 Å². The zero-order valence-corrected chi connectivity index (χ0v) is 37.6. The molecule has 8 N–H and O–H groups in total. The lowest BCUT2D eigenvalue weighted by Gasteiger charge is -2.40. The van der Waals surface area contributed by atoms with E-state index in [1.54, 1.807) is 6.07 Å². The Morgan fingerprint density at radius 2 is 1.95 bits per heavy atom. The molecular formula is C51H68N6O6. The largest absolute Gasteiger partial charge is 0.463 e. The van der Waals surface area contributed by atoms with Crippen LogP contribution in [0.25, 0.3) is 0 Å². The van der Waals surface area contributed by atoms with Gasteiger partial charge in [0.15, 0.2) is 11.4 Å². The smallest absolute Gasteiger partial charge is 0.350 e. The van der Waals surface area contributed by atoms with Crippen LogP contribution in [-0.2, 0) is 20.7 Å². The van der Waals surface area contributed by atoms with E-state index in [0.29, 0.717) is 49.9 Å². The third kappa shape index (κ3) is 8.94. The Hall–Kier alpha value is -4.59. The Bertz CT molecular complexity index is 2190. The number of aliphatic hydroxyl groups excluding tert-OH is 1. The third-order valence-corrected chi connectivity index (χ3v) is 14.8. The second-order valence-corrected chi connectivity index (χ2v) is 19.3. The fourth-order valence-corrected chi connectivity index (χ4v) is 11.3. The number of carbonyl (C=O) groups excluding carboxylic acids is 3. The Morgan fingerprint density at radius 3 is 2.73 bits per heavy atom. The van der Waals surface area contributed by atoms with Gasteiger partial charge in [0.05, 0.1) is 26.0 Å². The van der Waals surface area contributed by atoms with Crippen LogP contribution in [0, 0.1) is 23.2 Å². The van der Waals surface area contributed by atoms with Crippen molar-refractivity contribution in [3.8, 4) is 0 Å². The molecule has 338 valence electrons. The lowest BCUT2D eigenvalue weighted by Crippen LogP contribution is -2.52. The van der Waals surface area contributed by atoms with Crippen molar-refractivity contribution >= 4 is 17.5 Å². The molecule has 0 aromatic heterocycles. The lowest BCUT2D eigenvalue weighted by molar-refractivity contribution is -0.150. The zero-order chi connectivity index (χ0) is 44.4. The highest BCUT2D eigenvalue weighted by Crippen LogP contribution is 2.60. The van der Waals surface area contributed by atoms with Crippen molar-refractivity contribution in [2.75, 3.05) is 40.0 Å². The van der Waals surface area contributed by atoms with Gasteiger partial charge in [0.1, 0.15) is 5.82 Å². The Morgan fingerprint density at radius 1 is 1.10 bits per heavy atom. The number of nitrogens with two attached hydrogens (primary N) is 1. The number of esters is 1. The number of nitrogens with one attached hydrogen (secondary N) is 5. The van der Waals surface area contributed by atoms with E-state index in [-0.39, 0.29) is 54.3 Å². The normalized spacial score (nSPS) is 32.9. The van der Waals surface area contributed by atoms with Gasteiger partial charge in [-0.25, -0.2) is 4.79 Å². The number of aliphatic hydroxyl groups is 1. The topological polar surface area (TPSA) is 179 Å². The first-order valence-electron chi connectivity index (χ1n) is 23.3. The van der Waals surface area contributed by atoms with Crippen molar-refractivity contribution in [1.29, 1.82) is 0 Å². The van der Waals surface area contributed by atoms with E-state index in [4.69, 9.17) is 15.2 Å². The van der Waals surface area contributed by atoms with Crippen LogP contribution in [0.4, 0.5) is 0 Å². The number of hydrogen-bond acceptors (Lipinski definition) is 12. The van der Waals surface area contributed by atoms with Crippen LogP contribution in [0.2, 0.25) is 0 Å². The zero-order valence-electron chi connectivity index (χ0n) is 37.6. The van der Waals surface area contributed by atoms with Gasteiger partial charge < -0.3 is 46.9 Å². The molecule has 4 aliphatic heterocycles. The maximum Gasteiger partial charge on any atom is 0.350 e. The van der Waals surface area contributed by atoms with Gasteiger partial charge in [0.25, 0.3) is 5.60 Å². The highest BCUT2D eigenvalue weighted by molar-refractivity contribution is 6.33. The van der Waals surface area contributed by atoms with Crippen LogP contribution in [0.3, 0.4) is 0 Å². The number of allylic oxidation sites excluding steroid dienone is 8. The minimum absolute atomic E-state index is 0.0162. The molecule has 8 unspecified atom stereocenters. The fraction of sp³-hybridized carbons (Fsp3) is 0.549. The number of rotatable bonds is 13. The van der Waals surface area contributed by atoms with Gasteiger partial charge in [-0.2, -0.15) is 0 Å². The molecule has 1 saturated heterocycles. The fourth-order valence-electron chi connectivity index (χ4n) is 11.3. The number of ether oxygens (including phenoxy) is 2. The molecule has 3 aliphatic carbocycles. The first kappa shape index (κ1) is 45.0. The molecule has 63 heavy (non-hydrogen) atoms. The number of benzene rings is 1. The van der Waals surface area contributed by atoms with Gasteiger partial charge in [-0.05, 0) is 129 Å². The van der Waals surface area contributed by atoms with Crippen molar-refractivity contribution in [3.05, 3.63) is 117 Å². The van der Waals surface area contributed by atoms with Crippen molar-refractivity contribution in [1.82, 2.24) is 26.6 Å². The van der Waals surface area contributed by atoms with Gasteiger partial charge in [-0.1, -0.05) is 80.8 Å². The summed E-state index contributed by atoms with van der Waals surface area (Å²) in [4.78, 5) is 45.6. The molecule has 4 heterocycles. The molecule has 12 heteroatoms. The van der Waals surface area contributed by atoms with E-state index in [1.165, 1.54) is 5.57 Å². The summed E-state index contributed by atoms with van der Waals surface area (Å²) in [5, 5.41) is 27.5. The first-order chi connectivity index (χ1) is 30.4. The molecule has 0 radical (unpaired) electrons. The van der Waals surface area contributed by atoms with E-state index < -0.39 is 28.7 Å². The molecule has 1 spiro atoms. The summed E-state index contributed by atoms with van der Waals surface area (Å²) in [7, 11) is 1.88. The monoisotopic (exact) mass is 861 g/mol. The van der Waals surface area contributed by atoms with E-state index in [2.05, 4.69) is 76.9 Å². The van der Waals surface area contributed by atoms with E-state index >= 15 is 9.59 Å². The number of cyclic esters (lactones) is 1. The number of Topliss-reactive ketones (excluding diaryl/α,β-unsaturated/α-hetero) is 2. The van der Waals surface area contributed by atoms with Gasteiger partial charge in [-0.15, -0.1) is 0 Å². The summed E-state index contributed by atoms with van der Waals surface area (Å²) in [5.41, 5.74) is 8.15. The standard InChI is InChI=1S/C51H68N6O6/c1-5-54-42-24-36-12-8-11-35-10-6-7-20-49(3,25-34-17-18-43(52)56-28-34)26-37-13-9-14-40-45(37)47(60)51(48(61)62-30-38(42)23-41(35)36)50(63-51,46(40)59)27-39(29-58)32(2)15-16-33-19-21-55-44(22-33)57-31-53-4/h8-9,12-14,17-19,22,24,28,35,38,41-43,53-58H,5-7,10-11,15-16,20-21,23,25-27,29-31,52H2,1-4H3. The molecule has 12 nitrogen and oxygen atoms in total. The molecule has 0 saturated carbocycles. The molecule has 1 aromatic rings. The number of hydrogen-bond donors (Lipinski definition) is 7. The third-order valence-electron chi connectivity index (χ3n) is 14.8. The SMILES string of the molecule is CCNC1C=C2C=CCC3CCCCC(C)(CC4=CNC(N)C=C4)Cc4cccc5c4C(=O)C4(OC4(CC(CO)=C(C)CCC4=CCNC(NCNC)=C4)C5=O)C(=O)OCC1CC23. The van der Waals surface area contributed by atoms with Crippen molar-refractivity contribution < 1.29 is 29.0 Å². The molecule has 0 amide bonds. The second kappa shape index (κ2) is 18.9. The van der Waals surface area contributed by atoms with Crippen LogP contribution >= 0.6 is 0 Å². The second-order valence-electron chi connectivity index (χ2n) is 19.3. The van der Waals surface area contributed by atoms with Crippen molar-refractivity contribution in [2.45, 2.75) is 115 Å². The van der Waals surface area contributed by atoms with Crippen LogP contribution in [0.15, 0.2) is 101 Å². The maximum absolute atomic E-state index is 15.4. The van der Waals surface area contributed by atoms with E-state index in [9.17, 15) is 9.90 Å². The number of likely N-dealkylation sites (N-methyl/N-ethyl adjacent to an activating group) is 1. The number of dihydropyridines is 2. The van der Waals surface area contributed by atoms with Gasteiger partial charge in [-0.3, -0.25) is 9.59 Å². The average Bonchev–Trinajstić information content (AvgIpc) is 3.99. The summed E-state index contributed by atoms with van der Waals surface area (Å²) in [6, 6.07) is 5.46. The van der Waals surface area contributed by atoms with Crippen LogP contribution in [-0.4, -0.2) is 86.1 Å². The molecule has 8 atom stereocenters. The highest BCUT2D eigenvalue weighted by Gasteiger charge is 2.86. The van der Waals surface area contributed by atoms with Crippen LogP contribution in [0.1, 0.15) is 111 Å². The molecule has 7 aliphatic rings. The minimum atomic E-state index is -2.17. The summed E-state index contributed by atoms with van der Waals surface area (Å²) in [6.07, 6.45) is 25.4. The molecule has 8 rings (SSSR count). The lowest BCUT2D eigenvalue weighted by atomic mass is 9.67. The van der Waals surface area contributed by atoms with E-state index in [1.807, 2.05) is 38.4 Å². The quantitative estimate of drug-likeness (QED) is 0.0425. The number of ketones is 2. The minimum Gasteiger partial charge on any atom is -0.463 e. The molecule has 1 aromatic carbocycles. The van der Waals surface area contributed by atoms with Crippen molar-refractivity contribution in [3.63, 3.8) is 0 Å².